The zero-order valence-electron chi connectivity index (χ0n) is 17.9. The molecule has 0 saturated carbocycles. The van der Waals surface area contributed by atoms with Crippen molar-refractivity contribution in [2.24, 2.45) is 0 Å². The third-order valence-corrected chi connectivity index (χ3v) is 5.56. The van der Waals surface area contributed by atoms with Crippen molar-refractivity contribution in [1.82, 2.24) is 0 Å². The first-order chi connectivity index (χ1) is 15.0. The molecule has 0 aliphatic heterocycles. The minimum atomic E-state index is -4.02. The van der Waals surface area contributed by atoms with Crippen LogP contribution in [0.25, 0.3) is 0 Å². The average Bonchev–Trinajstić information content (AvgIpc) is 2.72. The summed E-state index contributed by atoms with van der Waals surface area (Å²) in [6.45, 7) is 2.78. The van der Waals surface area contributed by atoms with Gasteiger partial charge in [-0.25, -0.2) is 13.2 Å². The molecule has 11 nitrogen and oxygen atoms in total. The first-order valence-corrected chi connectivity index (χ1v) is 11.2. The lowest BCUT2D eigenvalue weighted by Gasteiger charge is -2.23. The van der Waals surface area contributed by atoms with Gasteiger partial charge in [0, 0.05) is 17.8 Å². The summed E-state index contributed by atoms with van der Waals surface area (Å²) in [4.78, 5) is 35.2. The van der Waals surface area contributed by atoms with E-state index in [0.29, 0.717) is 15.6 Å². The van der Waals surface area contributed by atoms with Gasteiger partial charge in [-0.05, 0) is 37.6 Å². The molecule has 1 amide bonds. The zero-order valence-corrected chi connectivity index (χ0v) is 18.8. The summed E-state index contributed by atoms with van der Waals surface area (Å²) in [6.07, 6.45) is 0.866. The molecule has 0 spiro atoms. The number of methoxy groups -OCH3 is 1. The average molecular weight is 465 g/mol. The van der Waals surface area contributed by atoms with Crippen LogP contribution < -0.4 is 14.4 Å². The normalized spacial score (nSPS) is 10.9. The van der Waals surface area contributed by atoms with Crippen molar-refractivity contribution in [3.8, 4) is 5.75 Å². The second-order valence-electron chi connectivity index (χ2n) is 6.63. The number of carbonyl (C=O) groups is 2. The highest BCUT2D eigenvalue weighted by atomic mass is 32.2. The predicted molar refractivity (Wildman–Crippen MR) is 118 cm³/mol. The molecule has 2 aromatic rings. The smallest absolute Gasteiger partial charge is 0.338 e. The Morgan fingerprint density at radius 3 is 2.47 bits per heavy atom. The summed E-state index contributed by atoms with van der Waals surface area (Å²) in [5.41, 5.74) is 0.465. The number of benzene rings is 2. The topological polar surface area (TPSA) is 145 Å². The lowest BCUT2D eigenvalue weighted by atomic mass is 10.1. The van der Waals surface area contributed by atoms with E-state index in [1.807, 2.05) is 0 Å². The predicted octanol–water partition coefficient (Wildman–Crippen LogP) is 2.49. The second-order valence-corrected chi connectivity index (χ2v) is 8.54. The fourth-order valence-electron chi connectivity index (χ4n) is 2.89. The SMILES string of the molecule is CCOC(=O)c1cccc(NC(=O)CN(c2cc([N+](=O)[O-])ccc2OC)S(C)(=O)=O)c1C. The largest absolute Gasteiger partial charge is 0.495 e. The standard InChI is InChI=1S/C20H23N3O8S/c1-5-31-20(25)15-7-6-8-16(13(15)2)21-19(24)12-22(32(4,28)29)17-11-14(23(26)27)9-10-18(17)30-3/h6-11H,5,12H2,1-4H3,(H,21,24). The molecule has 0 unspecified atom stereocenters. The number of ether oxygens (including phenoxy) is 2. The van der Waals surface area contributed by atoms with Crippen molar-refractivity contribution < 1.29 is 32.4 Å². The minimum absolute atomic E-state index is 0.0364. The van der Waals surface area contributed by atoms with E-state index in [1.165, 1.54) is 13.2 Å². The number of nitro groups is 1. The van der Waals surface area contributed by atoms with E-state index in [0.717, 1.165) is 18.4 Å². The summed E-state index contributed by atoms with van der Waals surface area (Å²) < 4.78 is 35.6. The van der Waals surface area contributed by atoms with Gasteiger partial charge in [0.1, 0.15) is 18.0 Å². The van der Waals surface area contributed by atoms with E-state index in [-0.39, 0.29) is 29.3 Å². The molecule has 0 fully saturated rings. The lowest BCUT2D eigenvalue weighted by molar-refractivity contribution is -0.384. The molecule has 0 bridgehead atoms. The molecule has 0 aliphatic rings. The van der Waals surface area contributed by atoms with Crippen LogP contribution in [0.1, 0.15) is 22.8 Å². The van der Waals surface area contributed by atoms with Crippen molar-refractivity contribution in [1.29, 1.82) is 0 Å². The Labute approximate surface area is 185 Å². The minimum Gasteiger partial charge on any atom is -0.495 e. The Kier molecular flexibility index (Phi) is 7.76. The van der Waals surface area contributed by atoms with Crippen molar-refractivity contribution in [2.75, 3.05) is 36.1 Å². The van der Waals surface area contributed by atoms with E-state index in [2.05, 4.69) is 5.32 Å². The third kappa shape index (κ3) is 5.72. The van der Waals surface area contributed by atoms with Gasteiger partial charge in [0.05, 0.1) is 30.5 Å². The summed E-state index contributed by atoms with van der Waals surface area (Å²) in [7, 11) is -2.75. The van der Waals surface area contributed by atoms with Gasteiger partial charge in [0.25, 0.3) is 5.69 Å². The van der Waals surface area contributed by atoms with Crippen molar-refractivity contribution in [2.45, 2.75) is 13.8 Å². The van der Waals surface area contributed by atoms with E-state index >= 15 is 0 Å². The summed E-state index contributed by atoms with van der Waals surface area (Å²) >= 11 is 0. The quantitative estimate of drug-likeness (QED) is 0.338. The Morgan fingerprint density at radius 2 is 1.91 bits per heavy atom. The molecule has 1 N–H and O–H groups in total. The monoisotopic (exact) mass is 465 g/mol. The van der Waals surface area contributed by atoms with Crippen LogP contribution in [-0.4, -0.2) is 51.7 Å². The maximum absolute atomic E-state index is 12.7. The summed E-state index contributed by atoms with van der Waals surface area (Å²) in [6, 6.07) is 8.06. The number of non-ortho nitro benzene ring substituents is 1. The Hall–Kier alpha value is -3.67. The van der Waals surface area contributed by atoms with Crippen LogP contribution >= 0.6 is 0 Å². The molecule has 0 aliphatic carbocycles. The number of amides is 1. The number of nitro benzene ring substituents is 1. The van der Waals surface area contributed by atoms with Crippen LogP contribution in [0.2, 0.25) is 0 Å². The van der Waals surface area contributed by atoms with Gasteiger partial charge in [-0.2, -0.15) is 0 Å². The first kappa shape index (κ1) is 24.6. The number of hydrogen-bond donors (Lipinski definition) is 1. The number of sulfonamides is 1. The van der Waals surface area contributed by atoms with Crippen LogP contribution in [0, 0.1) is 17.0 Å². The van der Waals surface area contributed by atoms with E-state index in [1.54, 1.807) is 32.0 Å². The number of nitrogens with one attached hydrogen (secondary N) is 1. The van der Waals surface area contributed by atoms with Crippen molar-refractivity contribution in [3.05, 3.63) is 57.6 Å². The van der Waals surface area contributed by atoms with Gasteiger partial charge in [-0.3, -0.25) is 19.2 Å². The van der Waals surface area contributed by atoms with Crippen LogP contribution in [0.15, 0.2) is 36.4 Å². The highest BCUT2D eigenvalue weighted by Gasteiger charge is 2.26. The fraction of sp³-hybridized carbons (Fsp3) is 0.300. The number of esters is 1. The van der Waals surface area contributed by atoms with E-state index in [4.69, 9.17) is 9.47 Å². The number of anilines is 2. The molecule has 0 saturated heterocycles. The molecule has 172 valence electrons. The van der Waals surface area contributed by atoms with Crippen LogP contribution in [-0.2, 0) is 19.6 Å². The number of rotatable bonds is 9. The maximum atomic E-state index is 12.7. The van der Waals surface area contributed by atoms with Gasteiger partial charge in [-0.15, -0.1) is 0 Å². The van der Waals surface area contributed by atoms with Crippen LogP contribution in [0.3, 0.4) is 0 Å². The fourth-order valence-corrected chi connectivity index (χ4v) is 3.74. The van der Waals surface area contributed by atoms with Gasteiger partial charge in [0.15, 0.2) is 0 Å². The number of carbonyl (C=O) groups excluding carboxylic acids is 2. The first-order valence-electron chi connectivity index (χ1n) is 9.36. The number of hydrogen-bond acceptors (Lipinski definition) is 8. The van der Waals surface area contributed by atoms with Gasteiger partial charge in [0.2, 0.25) is 15.9 Å². The number of nitrogens with zero attached hydrogens (tertiary/aromatic N) is 2. The van der Waals surface area contributed by atoms with Gasteiger partial charge >= 0.3 is 5.97 Å². The molecule has 32 heavy (non-hydrogen) atoms. The molecular weight excluding hydrogens is 442 g/mol. The second kappa shape index (κ2) is 10.1. The Bertz CT molecular complexity index is 1150. The van der Waals surface area contributed by atoms with E-state index in [9.17, 15) is 28.1 Å². The molecule has 0 atom stereocenters. The molecule has 2 aromatic carbocycles. The highest BCUT2D eigenvalue weighted by Crippen LogP contribution is 2.33. The maximum Gasteiger partial charge on any atom is 0.338 e. The zero-order chi connectivity index (χ0) is 24.1. The molecule has 2 rings (SSSR count). The van der Waals surface area contributed by atoms with Crippen LogP contribution in [0.5, 0.6) is 5.75 Å². The molecule has 0 aromatic heterocycles. The van der Waals surface area contributed by atoms with Crippen molar-refractivity contribution >= 4 is 39.0 Å². The Balaban J connectivity index is 2.38. The third-order valence-electron chi connectivity index (χ3n) is 4.43. The van der Waals surface area contributed by atoms with Crippen molar-refractivity contribution in [3.63, 3.8) is 0 Å². The molecule has 0 heterocycles. The summed E-state index contributed by atoms with van der Waals surface area (Å²) in [5, 5.41) is 13.7. The summed E-state index contributed by atoms with van der Waals surface area (Å²) in [5.74, 6) is -1.25. The molecule has 12 heteroatoms. The molecular formula is C20H23N3O8S. The highest BCUT2D eigenvalue weighted by molar-refractivity contribution is 7.92. The lowest BCUT2D eigenvalue weighted by Crippen LogP contribution is -2.37. The molecule has 0 radical (unpaired) electrons. The van der Waals surface area contributed by atoms with Gasteiger partial charge < -0.3 is 14.8 Å². The van der Waals surface area contributed by atoms with E-state index < -0.39 is 33.4 Å². The van der Waals surface area contributed by atoms with Gasteiger partial charge in [-0.1, -0.05) is 6.07 Å². The van der Waals surface area contributed by atoms with Crippen LogP contribution in [0.4, 0.5) is 17.1 Å². The Morgan fingerprint density at radius 1 is 1.22 bits per heavy atom.